The van der Waals surface area contributed by atoms with E-state index in [1.807, 2.05) is 12.1 Å². The second-order valence-corrected chi connectivity index (χ2v) is 6.59. The van der Waals surface area contributed by atoms with Gasteiger partial charge in [0.05, 0.1) is 24.6 Å². The quantitative estimate of drug-likeness (QED) is 0.373. The zero-order valence-corrected chi connectivity index (χ0v) is 12.1. The summed E-state index contributed by atoms with van der Waals surface area (Å²) in [5.41, 5.74) is 0. The summed E-state index contributed by atoms with van der Waals surface area (Å²) in [6.45, 7) is 0. The Kier molecular flexibility index (Phi) is 5.71. The van der Waals surface area contributed by atoms with E-state index >= 15 is 0 Å². The van der Waals surface area contributed by atoms with Crippen molar-refractivity contribution < 1.29 is 0 Å². The Bertz CT molecular complexity index is 317. The average Bonchev–Trinajstić information content (AvgIpc) is 2.18. The Balaban J connectivity index is 2.73. The number of hydrogen-bond acceptors (Lipinski definition) is 1. The zero-order chi connectivity index (χ0) is 10.6. The van der Waals surface area contributed by atoms with Crippen molar-refractivity contribution in [2.45, 2.75) is 12.5 Å². The molecular formula is C9H11Cl3SSi. The molecule has 0 amide bonds. The predicted molar refractivity (Wildman–Crippen MR) is 72.9 cm³/mol. The summed E-state index contributed by atoms with van der Waals surface area (Å²) >= 11 is 22.0. The van der Waals surface area contributed by atoms with Gasteiger partial charge in [0.15, 0.2) is 0 Å². The van der Waals surface area contributed by atoms with Crippen LogP contribution in [0.25, 0.3) is 0 Å². The van der Waals surface area contributed by atoms with E-state index in [0.717, 1.165) is 12.2 Å². The van der Waals surface area contributed by atoms with Crippen molar-refractivity contribution in [2.24, 2.45) is 0 Å². The highest BCUT2D eigenvalue weighted by atomic mass is 35.5. The summed E-state index contributed by atoms with van der Waals surface area (Å²) in [6.07, 6.45) is 1.14. The predicted octanol–water partition coefficient (Wildman–Crippen LogP) is 3.18. The number of thiol groups is 1. The van der Waals surface area contributed by atoms with Crippen molar-refractivity contribution in [3.63, 3.8) is 0 Å². The van der Waals surface area contributed by atoms with Gasteiger partial charge in [0.1, 0.15) is 0 Å². The molecule has 0 unspecified atom stereocenters. The minimum atomic E-state index is -0.313. The summed E-state index contributed by atoms with van der Waals surface area (Å²) in [7, 11) is -0.313. The molecule has 1 rings (SSSR count). The summed E-state index contributed by atoms with van der Waals surface area (Å²) in [6, 6.07) is 5.02. The Labute approximate surface area is 107 Å². The first kappa shape index (κ1) is 12.7. The molecular weight excluding hydrogens is 275 g/mol. The maximum Gasteiger partial charge on any atom is 0.0777 e. The number of halogens is 3. The Hall–Kier alpha value is 0.657. The summed E-state index contributed by atoms with van der Waals surface area (Å²) in [5, 5.41) is 2.86. The molecule has 0 spiro atoms. The number of rotatable bonds is 4. The van der Waals surface area contributed by atoms with Gasteiger partial charge in [-0.05, 0) is 23.4 Å². The molecule has 0 atom stereocenters. The van der Waals surface area contributed by atoms with Gasteiger partial charge in [-0.1, -0.05) is 46.9 Å². The van der Waals surface area contributed by atoms with Gasteiger partial charge in [-0.3, -0.25) is 0 Å². The standard InChI is InChI=1S/C9H11Cl3SSi/c10-6-2-3-7(9(12)8(6)11)14-5-1-4-13/h2-3,13H,1,4-5,14H2. The topological polar surface area (TPSA) is 0 Å². The van der Waals surface area contributed by atoms with Crippen LogP contribution in [0.15, 0.2) is 12.1 Å². The van der Waals surface area contributed by atoms with Crippen molar-refractivity contribution in [1.82, 2.24) is 0 Å². The van der Waals surface area contributed by atoms with Crippen molar-refractivity contribution in [2.75, 3.05) is 5.75 Å². The van der Waals surface area contributed by atoms with Crippen molar-refractivity contribution in [3.05, 3.63) is 27.2 Å². The van der Waals surface area contributed by atoms with Crippen LogP contribution in [0.3, 0.4) is 0 Å². The van der Waals surface area contributed by atoms with Crippen LogP contribution in [-0.4, -0.2) is 15.3 Å². The molecule has 0 N–H and O–H groups in total. The van der Waals surface area contributed by atoms with E-state index in [4.69, 9.17) is 34.8 Å². The molecule has 0 saturated heterocycles. The fraction of sp³-hybridized carbons (Fsp3) is 0.333. The van der Waals surface area contributed by atoms with Gasteiger partial charge in [0.25, 0.3) is 0 Å². The number of benzene rings is 1. The van der Waals surface area contributed by atoms with Crippen LogP contribution in [0, 0.1) is 0 Å². The second kappa shape index (κ2) is 6.29. The van der Waals surface area contributed by atoms with Crippen LogP contribution < -0.4 is 5.19 Å². The van der Waals surface area contributed by atoms with Crippen LogP contribution in [0.2, 0.25) is 21.1 Å². The summed E-state index contributed by atoms with van der Waals surface area (Å²) in [4.78, 5) is 0. The first-order chi connectivity index (χ1) is 6.66. The van der Waals surface area contributed by atoms with Gasteiger partial charge < -0.3 is 0 Å². The van der Waals surface area contributed by atoms with Crippen LogP contribution >= 0.6 is 47.4 Å². The van der Waals surface area contributed by atoms with Gasteiger partial charge in [0.2, 0.25) is 0 Å². The fourth-order valence-electron chi connectivity index (χ4n) is 1.19. The van der Waals surface area contributed by atoms with Crippen molar-refractivity contribution in [1.29, 1.82) is 0 Å². The molecule has 0 bridgehead atoms. The Morgan fingerprint density at radius 1 is 1.14 bits per heavy atom. The lowest BCUT2D eigenvalue weighted by molar-refractivity contribution is 1.10. The molecule has 78 valence electrons. The zero-order valence-electron chi connectivity index (χ0n) is 7.56. The van der Waals surface area contributed by atoms with Crippen molar-refractivity contribution >= 4 is 62.1 Å². The monoisotopic (exact) mass is 284 g/mol. The first-order valence-corrected chi connectivity index (χ1v) is 7.87. The summed E-state index contributed by atoms with van der Waals surface area (Å²) < 4.78 is 0. The maximum atomic E-state index is 6.08. The van der Waals surface area contributed by atoms with Crippen molar-refractivity contribution in [3.8, 4) is 0 Å². The molecule has 0 aliphatic rings. The van der Waals surface area contributed by atoms with Gasteiger partial charge in [-0.2, -0.15) is 12.6 Å². The van der Waals surface area contributed by atoms with Crippen LogP contribution in [0.5, 0.6) is 0 Å². The lowest BCUT2D eigenvalue weighted by Crippen LogP contribution is -2.15. The lowest BCUT2D eigenvalue weighted by Gasteiger charge is -2.05. The van der Waals surface area contributed by atoms with Gasteiger partial charge in [0, 0.05) is 0 Å². The van der Waals surface area contributed by atoms with Gasteiger partial charge in [-0.15, -0.1) is 0 Å². The minimum Gasteiger partial charge on any atom is -0.179 e. The molecule has 1 aromatic carbocycles. The van der Waals surface area contributed by atoms with E-state index in [1.165, 1.54) is 11.2 Å². The van der Waals surface area contributed by atoms with E-state index in [-0.39, 0.29) is 9.52 Å². The van der Waals surface area contributed by atoms with Crippen LogP contribution in [0.4, 0.5) is 0 Å². The summed E-state index contributed by atoms with van der Waals surface area (Å²) in [5.74, 6) is 0.936. The van der Waals surface area contributed by atoms with Gasteiger partial charge in [-0.25, -0.2) is 0 Å². The minimum absolute atomic E-state index is 0.313. The molecule has 5 heteroatoms. The van der Waals surface area contributed by atoms with E-state index in [0.29, 0.717) is 15.1 Å². The Morgan fingerprint density at radius 3 is 2.50 bits per heavy atom. The second-order valence-electron chi connectivity index (χ2n) is 3.02. The normalized spacial score (nSPS) is 11.4. The van der Waals surface area contributed by atoms with E-state index in [9.17, 15) is 0 Å². The third-order valence-electron chi connectivity index (χ3n) is 1.97. The smallest absolute Gasteiger partial charge is 0.0777 e. The molecule has 0 aliphatic heterocycles. The fourth-order valence-corrected chi connectivity index (χ4v) is 4.34. The van der Waals surface area contributed by atoms with E-state index < -0.39 is 0 Å². The molecule has 0 radical (unpaired) electrons. The highest BCUT2D eigenvalue weighted by molar-refractivity contribution is 7.80. The van der Waals surface area contributed by atoms with Gasteiger partial charge >= 0.3 is 0 Å². The van der Waals surface area contributed by atoms with Crippen LogP contribution in [0.1, 0.15) is 6.42 Å². The van der Waals surface area contributed by atoms with E-state index in [2.05, 4.69) is 12.6 Å². The third kappa shape index (κ3) is 3.35. The molecule has 0 saturated carbocycles. The molecule has 14 heavy (non-hydrogen) atoms. The SMILES string of the molecule is SCCC[SiH2]c1ccc(Cl)c(Cl)c1Cl. The Morgan fingerprint density at radius 2 is 1.86 bits per heavy atom. The third-order valence-corrected chi connectivity index (χ3v) is 5.82. The molecule has 0 heterocycles. The highest BCUT2D eigenvalue weighted by Crippen LogP contribution is 2.27. The molecule has 0 aliphatic carbocycles. The average molecular weight is 286 g/mol. The first-order valence-electron chi connectivity index (χ1n) is 4.40. The van der Waals surface area contributed by atoms with E-state index in [1.54, 1.807) is 0 Å². The molecule has 1 aromatic rings. The number of hydrogen-bond donors (Lipinski definition) is 1. The largest absolute Gasteiger partial charge is 0.179 e. The maximum absolute atomic E-state index is 6.08. The highest BCUT2D eigenvalue weighted by Gasteiger charge is 2.08. The molecule has 0 nitrogen and oxygen atoms in total. The van der Waals surface area contributed by atoms with Crippen LogP contribution in [-0.2, 0) is 0 Å². The lowest BCUT2D eigenvalue weighted by atomic mass is 10.3. The molecule has 0 fully saturated rings. The molecule has 0 aromatic heterocycles.